The van der Waals surface area contributed by atoms with Crippen LogP contribution in [0.1, 0.15) is 45.2 Å². The van der Waals surface area contributed by atoms with Gasteiger partial charge in [0.25, 0.3) is 5.91 Å². The van der Waals surface area contributed by atoms with Crippen molar-refractivity contribution in [3.05, 3.63) is 45.7 Å². The third-order valence-electron chi connectivity index (χ3n) is 4.06. The summed E-state index contributed by atoms with van der Waals surface area (Å²) in [5.74, 6) is -0.0401. The minimum Gasteiger partial charge on any atom is -0.347 e. The predicted octanol–water partition coefficient (Wildman–Crippen LogP) is 2.76. The summed E-state index contributed by atoms with van der Waals surface area (Å²) in [5.41, 5.74) is 1.87. The van der Waals surface area contributed by atoms with Crippen LogP contribution in [0.3, 0.4) is 0 Å². The zero-order valence-corrected chi connectivity index (χ0v) is 14.2. The van der Waals surface area contributed by atoms with Crippen LogP contribution in [0.5, 0.6) is 0 Å². The van der Waals surface area contributed by atoms with Crippen LogP contribution in [-0.2, 0) is 13.1 Å². The monoisotopic (exact) mass is 330 g/mol. The summed E-state index contributed by atoms with van der Waals surface area (Å²) in [6.45, 7) is 5.57. The van der Waals surface area contributed by atoms with Gasteiger partial charge >= 0.3 is 0 Å². The summed E-state index contributed by atoms with van der Waals surface area (Å²) >= 11 is 1.52. The number of amides is 1. The molecular weight excluding hydrogens is 308 g/mol. The van der Waals surface area contributed by atoms with Gasteiger partial charge in [-0.3, -0.25) is 14.7 Å². The van der Waals surface area contributed by atoms with E-state index >= 15 is 0 Å². The molecule has 3 rings (SSSR count). The number of likely N-dealkylation sites (tertiary alicyclic amines) is 1. The maximum Gasteiger partial charge on any atom is 0.263 e. The molecule has 1 N–H and O–H groups in total. The van der Waals surface area contributed by atoms with Gasteiger partial charge in [0, 0.05) is 18.9 Å². The molecule has 5 nitrogen and oxygen atoms in total. The molecule has 1 fully saturated rings. The number of carbonyl (C=O) groups excluding carboxylic acids is 1. The Morgan fingerprint density at radius 2 is 2.00 bits per heavy atom. The molecular formula is C17H22N4OS. The largest absolute Gasteiger partial charge is 0.347 e. The fraction of sp³-hybridized carbons (Fsp3) is 0.471. The van der Waals surface area contributed by atoms with Gasteiger partial charge in [0.05, 0.1) is 12.2 Å². The molecule has 0 unspecified atom stereocenters. The summed E-state index contributed by atoms with van der Waals surface area (Å²) in [6.07, 6.45) is 7.33. The Hall–Kier alpha value is -1.79. The third kappa shape index (κ3) is 4.36. The first-order chi connectivity index (χ1) is 11.2. The van der Waals surface area contributed by atoms with Crippen LogP contribution in [0.25, 0.3) is 0 Å². The standard InChI is InChI=1S/C17H22N4OS/c1-13-16(17(22)19-11-14-5-7-18-8-6-14)23-15(20-13)12-21-9-3-2-4-10-21/h5-8H,2-4,9-12H2,1H3,(H,19,22). The van der Waals surface area contributed by atoms with E-state index in [1.165, 1.54) is 30.6 Å². The van der Waals surface area contributed by atoms with E-state index in [-0.39, 0.29) is 5.91 Å². The van der Waals surface area contributed by atoms with Crippen LogP contribution in [-0.4, -0.2) is 33.9 Å². The Labute approximate surface area is 140 Å². The van der Waals surface area contributed by atoms with Gasteiger partial charge in [0.15, 0.2) is 0 Å². The van der Waals surface area contributed by atoms with Crippen molar-refractivity contribution in [1.82, 2.24) is 20.2 Å². The van der Waals surface area contributed by atoms with E-state index in [2.05, 4.69) is 20.2 Å². The summed E-state index contributed by atoms with van der Waals surface area (Å²) in [4.78, 5) is 24.1. The highest BCUT2D eigenvalue weighted by Gasteiger charge is 2.18. The van der Waals surface area contributed by atoms with E-state index in [1.807, 2.05) is 19.1 Å². The molecule has 1 aliphatic rings. The van der Waals surface area contributed by atoms with Crippen LogP contribution >= 0.6 is 11.3 Å². The molecule has 0 radical (unpaired) electrons. The molecule has 0 saturated carbocycles. The zero-order valence-electron chi connectivity index (χ0n) is 13.4. The Bertz CT molecular complexity index is 650. The van der Waals surface area contributed by atoms with Crippen molar-refractivity contribution in [2.75, 3.05) is 13.1 Å². The molecule has 23 heavy (non-hydrogen) atoms. The topological polar surface area (TPSA) is 58.1 Å². The number of nitrogens with one attached hydrogen (secondary N) is 1. The van der Waals surface area contributed by atoms with E-state index in [0.717, 1.165) is 40.8 Å². The van der Waals surface area contributed by atoms with Crippen molar-refractivity contribution in [2.45, 2.75) is 39.3 Å². The van der Waals surface area contributed by atoms with E-state index in [0.29, 0.717) is 6.54 Å². The van der Waals surface area contributed by atoms with Crippen LogP contribution in [0.2, 0.25) is 0 Å². The van der Waals surface area contributed by atoms with Gasteiger partial charge in [-0.05, 0) is 50.6 Å². The van der Waals surface area contributed by atoms with Crippen molar-refractivity contribution in [3.8, 4) is 0 Å². The van der Waals surface area contributed by atoms with Gasteiger partial charge in [0.1, 0.15) is 9.88 Å². The number of nitrogens with zero attached hydrogens (tertiary/aromatic N) is 3. The van der Waals surface area contributed by atoms with Crippen molar-refractivity contribution in [3.63, 3.8) is 0 Å². The number of pyridine rings is 1. The van der Waals surface area contributed by atoms with Crippen LogP contribution < -0.4 is 5.32 Å². The van der Waals surface area contributed by atoms with E-state index in [1.54, 1.807) is 12.4 Å². The van der Waals surface area contributed by atoms with Crippen LogP contribution in [0, 0.1) is 6.92 Å². The lowest BCUT2D eigenvalue weighted by Crippen LogP contribution is -2.29. The van der Waals surface area contributed by atoms with Gasteiger partial charge in [-0.25, -0.2) is 4.98 Å². The molecule has 3 heterocycles. The molecule has 0 bridgehead atoms. The number of hydrogen-bond donors (Lipinski definition) is 1. The van der Waals surface area contributed by atoms with Crippen molar-refractivity contribution >= 4 is 17.2 Å². The highest BCUT2D eigenvalue weighted by Crippen LogP contribution is 2.21. The predicted molar refractivity (Wildman–Crippen MR) is 91.4 cm³/mol. The number of thiazole rings is 1. The second kappa shape index (κ2) is 7.66. The fourth-order valence-electron chi connectivity index (χ4n) is 2.80. The molecule has 0 atom stereocenters. The van der Waals surface area contributed by atoms with Gasteiger partial charge < -0.3 is 5.32 Å². The average molecular weight is 330 g/mol. The molecule has 0 aliphatic carbocycles. The quantitative estimate of drug-likeness (QED) is 0.916. The Morgan fingerprint density at radius 3 is 2.74 bits per heavy atom. The summed E-state index contributed by atoms with van der Waals surface area (Å²) in [7, 11) is 0. The number of rotatable bonds is 5. The van der Waals surface area contributed by atoms with Gasteiger partial charge in [-0.1, -0.05) is 6.42 Å². The SMILES string of the molecule is Cc1nc(CN2CCCCC2)sc1C(=O)NCc1ccncc1. The first-order valence-electron chi connectivity index (χ1n) is 8.08. The first kappa shape index (κ1) is 16.1. The summed E-state index contributed by atoms with van der Waals surface area (Å²) in [5, 5.41) is 4.00. The van der Waals surface area contributed by atoms with Gasteiger partial charge in [-0.2, -0.15) is 0 Å². The molecule has 1 aliphatic heterocycles. The molecule has 1 amide bonds. The van der Waals surface area contributed by atoms with Crippen LogP contribution in [0.15, 0.2) is 24.5 Å². The third-order valence-corrected chi connectivity index (χ3v) is 5.20. The maximum absolute atomic E-state index is 12.4. The molecule has 122 valence electrons. The van der Waals surface area contributed by atoms with E-state index in [4.69, 9.17) is 0 Å². The molecule has 0 aromatic carbocycles. The second-order valence-corrected chi connectivity index (χ2v) is 6.98. The molecule has 0 spiro atoms. The Balaban J connectivity index is 1.59. The number of piperidine rings is 1. The van der Waals surface area contributed by atoms with Gasteiger partial charge in [0.2, 0.25) is 0 Å². The zero-order chi connectivity index (χ0) is 16.1. The highest BCUT2D eigenvalue weighted by atomic mass is 32.1. The lowest BCUT2D eigenvalue weighted by atomic mass is 10.1. The second-order valence-electron chi connectivity index (χ2n) is 5.90. The van der Waals surface area contributed by atoms with Crippen molar-refractivity contribution in [1.29, 1.82) is 0 Å². The van der Waals surface area contributed by atoms with Crippen molar-refractivity contribution < 1.29 is 4.79 Å². The summed E-state index contributed by atoms with van der Waals surface area (Å²) < 4.78 is 0. The summed E-state index contributed by atoms with van der Waals surface area (Å²) in [6, 6.07) is 3.81. The molecule has 6 heteroatoms. The minimum atomic E-state index is -0.0401. The lowest BCUT2D eigenvalue weighted by Gasteiger charge is -2.25. The van der Waals surface area contributed by atoms with Crippen LogP contribution in [0.4, 0.5) is 0 Å². The normalized spacial score (nSPS) is 15.5. The molecule has 2 aromatic rings. The first-order valence-corrected chi connectivity index (χ1v) is 8.90. The molecule has 1 saturated heterocycles. The Morgan fingerprint density at radius 1 is 1.26 bits per heavy atom. The molecule has 2 aromatic heterocycles. The Kier molecular flexibility index (Phi) is 5.35. The number of hydrogen-bond acceptors (Lipinski definition) is 5. The average Bonchev–Trinajstić information content (AvgIpc) is 2.95. The lowest BCUT2D eigenvalue weighted by molar-refractivity contribution is 0.0954. The minimum absolute atomic E-state index is 0.0401. The number of aryl methyl sites for hydroxylation is 1. The number of carbonyl (C=O) groups is 1. The van der Waals surface area contributed by atoms with E-state index < -0.39 is 0 Å². The fourth-order valence-corrected chi connectivity index (χ4v) is 3.83. The van der Waals surface area contributed by atoms with E-state index in [9.17, 15) is 4.79 Å². The smallest absolute Gasteiger partial charge is 0.263 e. The number of aromatic nitrogens is 2. The highest BCUT2D eigenvalue weighted by molar-refractivity contribution is 7.13. The van der Waals surface area contributed by atoms with Gasteiger partial charge in [-0.15, -0.1) is 11.3 Å². The van der Waals surface area contributed by atoms with Crippen molar-refractivity contribution in [2.24, 2.45) is 0 Å². The maximum atomic E-state index is 12.4.